The smallest absolute Gasteiger partial charge is 0.133 e. The average Bonchev–Trinajstić information content (AvgIpc) is 3.21. The minimum Gasteiger partial charge on any atom is -0.411 e. The quantitative estimate of drug-likeness (QED) is 0.334. The molecule has 0 saturated heterocycles. The van der Waals surface area contributed by atoms with E-state index in [4.69, 9.17) is 5.21 Å². The first-order valence-corrected chi connectivity index (χ1v) is 8.07. The number of rotatable bonds is 4. The molecule has 0 saturated carbocycles. The van der Waals surface area contributed by atoms with Gasteiger partial charge in [0.15, 0.2) is 0 Å². The predicted molar refractivity (Wildman–Crippen MR) is 100 cm³/mol. The summed E-state index contributed by atoms with van der Waals surface area (Å²) in [5, 5.41) is 24.5. The Balaban J connectivity index is 1.78. The Bertz CT molecular complexity index is 1090. The number of aromatic nitrogens is 4. The van der Waals surface area contributed by atoms with E-state index in [1.807, 2.05) is 54.6 Å². The van der Waals surface area contributed by atoms with Crippen molar-refractivity contribution in [1.82, 2.24) is 20.0 Å². The van der Waals surface area contributed by atoms with Crippen molar-refractivity contribution in [3.05, 3.63) is 72.6 Å². The van der Waals surface area contributed by atoms with E-state index in [2.05, 4.69) is 25.8 Å². The van der Waals surface area contributed by atoms with E-state index in [-0.39, 0.29) is 0 Å². The van der Waals surface area contributed by atoms with Gasteiger partial charge in [-0.15, -0.1) is 5.10 Å². The molecule has 0 aliphatic heterocycles. The summed E-state index contributed by atoms with van der Waals surface area (Å²) in [5.74, 6) is 0.685. The molecule has 0 bridgehead atoms. The van der Waals surface area contributed by atoms with E-state index in [1.54, 1.807) is 24.0 Å². The van der Waals surface area contributed by atoms with Gasteiger partial charge in [-0.2, -0.15) is 0 Å². The Morgan fingerprint density at radius 3 is 2.81 bits per heavy atom. The summed E-state index contributed by atoms with van der Waals surface area (Å²) in [5.41, 5.74) is 3.96. The first-order chi connectivity index (χ1) is 12.7. The zero-order valence-electron chi connectivity index (χ0n) is 14.0. The fourth-order valence-corrected chi connectivity index (χ4v) is 2.77. The predicted octanol–water partition coefficient (Wildman–Crippen LogP) is 3.76. The normalized spacial score (nSPS) is 11.7. The number of pyridine rings is 1. The molecule has 0 aliphatic rings. The van der Waals surface area contributed by atoms with E-state index in [1.165, 1.54) is 0 Å². The van der Waals surface area contributed by atoms with E-state index in [9.17, 15) is 0 Å². The maximum atomic E-state index is 8.97. The van der Waals surface area contributed by atoms with Crippen molar-refractivity contribution in [3.63, 3.8) is 0 Å². The highest BCUT2D eigenvalue weighted by Crippen LogP contribution is 2.25. The first-order valence-electron chi connectivity index (χ1n) is 8.07. The van der Waals surface area contributed by atoms with Crippen LogP contribution >= 0.6 is 0 Å². The van der Waals surface area contributed by atoms with E-state index in [0.29, 0.717) is 11.5 Å². The second-order valence-electron chi connectivity index (χ2n) is 5.78. The number of benzene rings is 2. The fourth-order valence-electron chi connectivity index (χ4n) is 2.77. The zero-order chi connectivity index (χ0) is 17.9. The number of oxime groups is 1. The lowest BCUT2D eigenvalue weighted by Crippen LogP contribution is -2.02. The summed E-state index contributed by atoms with van der Waals surface area (Å²) in [7, 11) is 0. The molecular weight excluding hydrogens is 328 g/mol. The third kappa shape index (κ3) is 2.98. The summed E-state index contributed by atoms with van der Waals surface area (Å²) in [6.07, 6.45) is 3.44. The monoisotopic (exact) mass is 344 g/mol. The van der Waals surface area contributed by atoms with E-state index >= 15 is 0 Å². The SMILES string of the molecule is C/C(=N\O)c1cccc(Nc2cc(-n3ccnn3)c3ccccc3n2)c1. The van der Waals surface area contributed by atoms with Crippen LogP contribution in [0.2, 0.25) is 0 Å². The van der Waals surface area contributed by atoms with Crippen molar-refractivity contribution in [2.24, 2.45) is 5.16 Å². The van der Waals surface area contributed by atoms with Crippen molar-refractivity contribution in [2.75, 3.05) is 5.32 Å². The van der Waals surface area contributed by atoms with Crippen LogP contribution in [0, 0.1) is 0 Å². The van der Waals surface area contributed by atoms with Crippen molar-refractivity contribution < 1.29 is 5.21 Å². The van der Waals surface area contributed by atoms with Crippen LogP contribution in [0.1, 0.15) is 12.5 Å². The highest BCUT2D eigenvalue weighted by molar-refractivity contribution is 5.99. The largest absolute Gasteiger partial charge is 0.411 e. The topological polar surface area (TPSA) is 88.2 Å². The molecule has 7 heteroatoms. The summed E-state index contributed by atoms with van der Waals surface area (Å²) in [6, 6.07) is 17.4. The minimum absolute atomic E-state index is 0.545. The molecule has 0 atom stereocenters. The van der Waals surface area contributed by atoms with Crippen molar-refractivity contribution in [3.8, 4) is 5.69 Å². The second-order valence-corrected chi connectivity index (χ2v) is 5.78. The number of para-hydroxylation sites is 1. The molecule has 2 N–H and O–H groups in total. The number of fused-ring (bicyclic) bond motifs is 1. The van der Waals surface area contributed by atoms with Gasteiger partial charge < -0.3 is 10.5 Å². The maximum Gasteiger partial charge on any atom is 0.133 e. The van der Waals surface area contributed by atoms with Crippen LogP contribution < -0.4 is 5.32 Å². The van der Waals surface area contributed by atoms with Gasteiger partial charge in [0, 0.05) is 22.7 Å². The third-order valence-electron chi connectivity index (χ3n) is 4.07. The number of anilines is 2. The first kappa shape index (κ1) is 15.8. The van der Waals surface area contributed by atoms with Gasteiger partial charge >= 0.3 is 0 Å². The van der Waals surface area contributed by atoms with Gasteiger partial charge in [-0.05, 0) is 25.1 Å². The van der Waals surface area contributed by atoms with Crippen molar-refractivity contribution in [2.45, 2.75) is 6.92 Å². The molecule has 0 radical (unpaired) electrons. The number of nitrogens with zero attached hydrogens (tertiary/aromatic N) is 5. The van der Waals surface area contributed by atoms with Gasteiger partial charge in [-0.3, -0.25) is 0 Å². The minimum atomic E-state index is 0.545. The Morgan fingerprint density at radius 1 is 1.12 bits per heavy atom. The molecule has 2 heterocycles. The molecule has 128 valence electrons. The van der Waals surface area contributed by atoms with Gasteiger partial charge in [0.2, 0.25) is 0 Å². The lowest BCUT2D eigenvalue weighted by Gasteiger charge is -2.11. The molecular formula is C19H16N6O. The Morgan fingerprint density at radius 2 is 2.00 bits per heavy atom. The van der Waals surface area contributed by atoms with Gasteiger partial charge in [0.1, 0.15) is 5.82 Å². The molecule has 0 amide bonds. The standard InChI is InChI=1S/C19H16N6O/c1-13(23-26)14-5-4-6-15(11-14)21-19-12-18(25-10-9-20-24-25)16-7-2-3-8-17(16)22-19/h2-12,26H,1H3,(H,21,22)/b23-13+. The van der Waals surface area contributed by atoms with Crippen molar-refractivity contribution in [1.29, 1.82) is 0 Å². The van der Waals surface area contributed by atoms with Crippen LogP contribution in [0.15, 0.2) is 72.1 Å². The fraction of sp³-hybridized carbons (Fsp3) is 0.0526. The molecule has 4 rings (SSSR count). The lowest BCUT2D eigenvalue weighted by molar-refractivity contribution is 0.319. The van der Waals surface area contributed by atoms with Gasteiger partial charge in [0.05, 0.1) is 29.3 Å². The number of nitrogens with one attached hydrogen (secondary N) is 1. The maximum absolute atomic E-state index is 8.97. The van der Waals surface area contributed by atoms with Crippen LogP contribution in [-0.4, -0.2) is 30.9 Å². The van der Waals surface area contributed by atoms with Gasteiger partial charge in [-0.1, -0.05) is 40.7 Å². The lowest BCUT2D eigenvalue weighted by atomic mass is 10.1. The molecule has 0 spiro atoms. The zero-order valence-corrected chi connectivity index (χ0v) is 14.0. The van der Waals surface area contributed by atoms with Crippen molar-refractivity contribution >= 4 is 28.1 Å². The second kappa shape index (κ2) is 6.64. The Labute approximate surface area is 149 Å². The number of hydrogen-bond donors (Lipinski definition) is 2. The summed E-state index contributed by atoms with van der Waals surface area (Å²) >= 11 is 0. The van der Waals surface area contributed by atoms with Crippen LogP contribution in [0.25, 0.3) is 16.6 Å². The summed E-state index contributed by atoms with van der Waals surface area (Å²) < 4.78 is 1.72. The molecule has 2 aromatic carbocycles. The van der Waals surface area contributed by atoms with Crippen LogP contribution in [0.5, 0.6) is 0 Å². The molecule has 4 aromatic rings. The highest BCUT2D eigenvalue weighted by Gasteiger charge is 2.09. The van der Waals surface area contributed by atoms with Crippen LogP contribution in [-0.2, 0) is 0 Å². The molecule has 7 nitrogen and oxygen atoms in total. The molecule has 0 aliphatic carbocycles. The van der Waals surface area contributed by atoms with Crippen LogP contribution in [0.4, 0.5) is 11.5 Å². The highest BCUT2D eigenvalue weighted by atomic mass is 16.4. The van der Waals surface area contributed by atoms with E-state index < -0.39 is 0 Å². The molecule has 26 heavy (non-hydrogen) atoms. The Hall–Kier alpha value is -3.74. The number of hydrogen-bond acceptors (Lipinski definition) is 6. The van der Waals surface area contributed by atoms with Gasteiger partial charge in [0.25, 0.3) is 0 Å². The summed E-state index contributed by atoms with van der Waals surface area (Å²) in [4.78, 5) is 4.68. The van der Waals surface area contributed by atoms with E-state index in [0.717, 1.165) is 27.8 Å². The average molecular weight is 344 g/mol. The van der Waals surface area contributed by atoms with Gasteiger partial charge in [-0.25, -0.2) is 9.67 Å². The Kier molecular flexibility index (Phi) is 4.03. The summed E-state index contributed by atoms with van der Waals surface area (Å²) in [6.45, 7) is 1.75. The molecule has 2 aromatic heterocycles. The molecule has 0 unspecified atom stereocenters. The third-order valence-corrected chi connectivity index (χ3v) is 4.07. The van der Waals surface area contributed by atoms with Crippen LogP contribution in [0.3, 0.4) is 0 Å². The molecule has 0 fully saturated rings.